The first-order valence-electron chi connectivity index (χ1n) is 8.44. The predicted molar refractivity (Wildman–Crippen MR) is 89.3 cm³/mol. The SMILES string of the molecule is CCC1CCCCN1C(=O)NCCCOc1ccc(C)cc1. The highest BCUT2D eigenvalue weighted by Gasteiger charge is 2.24. The van der Waals surface area contributed by atoms with Crippen molar-refractivity contribution in [3.8, 4) is 5.75 Å². The molecule has 4 heteroatoms. The maximum atomic E-state index is 12.2. The summed E-state index contributed by atoms with van der Waals surface area (Å²) in [6.45, 7) is 6.40. The first-order chi connectivity index (χ1) is 10.7. The second-order valence-electron chi connectivity index (χ2n) is 6.00. The number of likely N-dealkylation sites (tertiary alicyclic amines) is 1. The van der Waals surface area contributed by atoms with E-state index in [0.717, 1.165) is 38.0 Å². The molecule has 0 spiro atoms. The van der Waals surface area contributed by atoms with Crippen LogP contribution in [0, 0.1) is 6.92 Å². The van der Waals surface area contributed by atoms with Gasteiger partial charge in [0.15, 0.2) is 0 Å². The van der Waals surface area contributed by atoms with Crippen molar-refractivity contribution in [3.05, 3.63) is 29.8 Å². The van der Waals surface area contributed by atoms with Crippen LogP contribution in [-0.2, 0) is 0 Å². The monoisotopic (exact) mass is 304 g/mol. The molecule has 0 radical (unpaired) electrons. The Labute approximate surface area is 133 Å². The number of nitrogens with zero attached hydrogens (tertiary/aromatic N) is 1. The zero-order valence-corrected chi connectivity index (χ0v) is 13.8. The van der Waals surface area contributed by atoms with Crippen LogP contribution < -0.4 is 10.1 Å². The Morgan fingerprint density at radius 1 is 1.32 bits per heavy atom. The van der Waals surface area contributed by atoms with Crippen molar-refractivity contribution in [1.29, 1.82) is 0 Å². The van der Waals surface area contributed by atoms with E-state index in [0.29, 0.717) is 19.2 Å². The molecule has 1 unspecified atom stereocenters. The van der Waals surface area contributed by atoms with E-state index in [1.165, 1.54) is 12.0 Å². The molecule has 1 heterocycles. The van der Waals surface area contributed by atoms with E-state index in [1.807, 2.05) is 29.2 Å². The third-order valence-electron chi connectivity index (χ3n) is 4.25. The molecule has 1 N–H and O–H groups in total. The summed E-state index contributed by atoms with van der Waals surface area (Å²) in [7, 11) is 0. The normalized spacial score (nSPS) is 18.1. The van der Waals surface area contributed by atoms with Crippen LogP contribution in [0.2, 0.25) is 0 Å². The molecule has 4 nitrogen and oxygen atoms in total. The van der Waals surface area contributed by atoms with Gasteiger partial charge in [0.25, 0.3) is 0 Å². The number of hydrogen-bond donors (Lipinski definition) is 1. The van der Waals surface area contributed by atoms with Gasteiger partial charge in [-0.15, -0.1) is 0 Å². The summed E-state index contributed by atoms with van der Waals surface area (Å²) >= 11 is 0. The molecule has 1 aromatic carbocycles. The largest absolute Gasteiger partial charge is 0.494 e. The predicted octanol–water partition coefficient (Wildman–Crippen LogP) is 3.74. The molecular formula is C18H28N2O2. The average molecular weight is 304 g/mol. The van der Waals surface area contributed by atoms with Gasteiger partial charge in [-0.3, -0.25) is 0 Å². The Morgan fingerprint density at radius 2 is 2.09 bits per heavy atom. The highest BCUT2D eigenvalue weighted by molar-refractivity contribution is 5.74. The summed E-state index contributed by atoms with van der Waals surface area (Å²) in [6, 6.07) is 8.54. The Hall–Kier alpha value is -1.71. The van der Waals surface area contributed by atoms with Gasteiger partial charge in [-0.1, -0.05) is 24.6 Å². The van der Waals surface area contributed by atoms with Crippen molar-refractivity contribution in [2.24, 2.45) is 0 Å². The van der Waals surface area contributed by atoms with E-state index in [-0.39, 0.29) is 6.03 Å². The molecule has 0 aromatic heterocycles. The maximum absolute atomic E-state index is 12.2. The molecule has 1 saturated heterocycles. The number of piperidine rings is 1. The number of rotatable bonds is 6. The first-order valence-corrected chi connectivity index (χ1v) is 8.44. The smallest absolute Gasteiger partial charge is 0.317 e. The van der Waals surface area contributed by atoms with Crippen LogP contribution in [0.15, 0.2) is 24.3 Å². The van der Waals surface area contributed by atoms with Crippen molar-refractivity contribution >= 4 is 6.03 Å². The summed E-state index contributed by atoms with van der Waals surface area (Å²) in [6.07, 6.45) is 5.38. The second-order valence-corrected chi connectivity index (χ2v) is 6.00. The van der Waals surface area contributed by atoms with E-state index in [4.69, 9.17) is 4.74 Å². The number of urea groups is 1. The number of ether oxygens (including phenoxy) is 1. The molecule has 0 aliphatic carbocycles. The van der Waals surface area contributed by atoms with Crippen LogP contribution >= 0.6 is 0 Å². The minimum atomic E-state index is 0.0851. The van der Waals surface area contributed by atoms with Crippen LogP contribution in [0.3, 0.4) is 0 Å². The topological polar surface area (TPSA) is 41.6 Å². The van der Waals surface area contributed by atoms with Crippen molar-refractivity contribution < 1.29 is 9.53 Å². The lowest BCUT2D eigenvalue weighted by Crippen LogP contribution is -2.48. The van der Waals surface area contributed by atoms with Crippen molar-refractivity contribution in [2.75, 3.05) is 19.7 Å². The second kappa shape index (κ2) is 8.66. The molecular weight excluding hydrogens is 276 g/mol. The van der Waals surface area contributed by atoms with Gasteiger partial charge in [0, 0.05) is 19.1 Å². The zero-order chi connectivity index (χ0) is 15.8. The number of carbonyl (C=O) groups excluding carboxylic acids is 1. The molecule has 1 aliphatic rings. The summed E-state index contributed by atoms with van der Waals surface area (Å²) in [5.74, 6) is 0.888. The Kier molecular flexibility index (Phi) is 6.56. The fraction of sp³-hybridized carbons (Fsp3) is 0.611. The fourth-order valence-electron chi connectivity index (χ4n) is 2.89. The fourth-order valence-corrected chi connectivity index (χ4v) is 2.89. The van der Waals surface area contributed by atoms with Gasteiger partial charge in [0.1, 0.15) is 5.75 Å². The quantitative estimate of drug-likeness (QED) is 0.813. The van der Waals surface area contributed by atoms with E-state index in [9.17, 15) is 4.79 Å². The van der Waals surface area contributed by atoms with Crippen molar-refractivity contribution in [2.45, 2.75) is 52.0 Å². The number of carbonyl (C=O) groups is 1. The van der Waals surface area contributed by atoms with E-state index in [2.05, 4.69) is 19.2 Å². The third-order valence-corrected chi connectivity index (χ3v) is 4.25. The van der Waals surface area contributed by atoms with Crippen LogP contribution in [-0.4, -0.2) is 36.7 Å². The van der Waals surface area contributed by atoms with Crippen molar-refractivity contribution in [1.82, 2.24) is 10.2 Å². The van der Waals surface area contributed by atoms with Gasteiger partial charge in [-0.05, 0) is 51.2 Å². The summed E-state index contributed by atoms with van der Waals surface area (Å²) in [5, 5.41) is 3.02. The van der Waals surface area contributed by atoms with E-state index in [1.54, 1.807) is 0 Å². The van der Waals surface area contributed by atoms with Crippen LogP contribution in [0.4, 0.5) is 4.79 Å². The van der Waals surface area contributed by atoms with Crippen LogP contribution in [0.25, 0.3) is 0 Å². The van der Waals surface area contributed by atoms with Gasteiger partial charge in [0.05, 0.1) is 6.61 Å². The molecule has 2 rings (SSSR count). The zero-order valence-electron chi connectivity index (χ0n) is 13.8. The Balaban J connectivity index is 1.63. The lowest BCUT2D eigenvalue weighted by molar-refractivity contribution is 0.148. The first kappa shape index (κ1) is 16.7. The molecule has 2 amide bonds. The maximum Gasteiger partial charge on any atom is 0.317 e. The highest BCUT2D eigenvalue weighted by Crippen LogP contribution is 2.19. The van der Waals surface area contributed by atoms with Gasteiger partial charge in [0.2, 0.25) is 0 Å². The molecule has 122 valence electrons. The third kappa shape index (κ3) is 4.93. The van der Waals surface area contributed by atoms with Crippen LogP contribution in [0.5, 0.6) is 5.75 Å². The number of amides is 2. The molecule has 0 bridgehead atoms. The van der Waals surface area contributed by atoms with Gasteiger partial charge in [-0.25, -0.2) is 4.79 Å². The van der Waals surface area contributed by atoms with Gasteiger partial charge >= 0.3 is 6.03 Å². The highest BCUT2D eigenvalue weighted by atomic mass is 16.5. The standard InChI is InChI=1S/C18H28N2O2/c1-3-16-7-4-5-13-20(16)18(21)19-12-6-14-22-17-10-8-15(2)9-11-17/h8-11,16H,3-7,12-14H2,1-2H3,(H,19,21). The van der Waals surface area contributed by atoms with Gasteiger partial charge in [-0.2, -0.15) is 0 Å². The number of aryl methyl sites for hydroxylation is 1. The van der Waals surface area contributed by atoms with E-state index < -0.39 is 0 Å². The van der Waals surface area contributed by atoms with Crippen molar-refractivity contribution in [3.63, 3.8) is 0 Å². The minimum Gasteiger partial charge on any atom is -0.494 e. The minimum absolute atomic E-state index is 0.0851. The molecule has 1 fully saturated rings. The lowest BCUT2D eigenvalue weighted by Gasteiger charge is -2.35. The Bertz CT molecular complexity index is 459. The summed E-state index contributed by atoms with van der Waals surface area (Å²) in [4.78, 5) is 14.2. The molecule has 22 heavy (non-hydrogen) atoms. The summed E-state index contributed by atoms with van der Waals surface area (Å²) < 4.78 is 5.67. The summed E-state index contributed by atoms with van der Waals surface area (Å²) in [5.41, 5.74) is 1.23. The molecule has 1 aliphatic heterocycles. The molecule has 1 atom stereocenters. The van der Waals surface area contributed by atoms with E-state index >= 15 is 0 Å². The molecule has 0 saturated carbocycles. The number of nitrogens with one attached hydrogen (secondary N) is 1. The van der Waals surface area contributed by atoms with Gasteiger partial charge < -0.3 is 15.0 Å². The number of benzene rings is 1. The molecule has 1 aromatic rings. The lowest BCUT2D eigenvalue weighted by atomic mass is 10.0. The number of hydrogen-bond acceptors (Lipinski definition) is 2. The average Bonchev–Trinajstić information content (AvgIpc) is 2.56. The van der Waals surface area contributed by atoms with Crippen LogP contribution in [0.1, 0.15) is 44.6 Å². The Morgan fingerprint density at radius 3 is 2.82 bits per heavy atom.